The molecule has 1 aromatic heterocycles. The van der Waals surface area contributed by atoms with Crippen LogP contribution in [0, 0.1) is 0 Å². The summed E-state index contributed by atoms with van der Waals surface area (Å²) in [5, 5.41) is 3.36. The van der Waals surface area contributed by atoms with Crippen molar-refractivity contribution >= 4 is 21.7 Å². The maximum atomic E-state index is 4.20. The van der Waals surface area contributed by atoms with Gasteiger partial charge in [-0.15, -0.1) is 0 Å². The van der Waals surface area contributed by atoms with Crippen LogP contribution in [0.5, 0.6) is 0 Å². The van der Waals surface area contributed by atoms with Crippen molar-refractivity contribution in [3.63, 3.8) is 0 Å². The lowest BCUT2D eigenvalue weighted by atomic mass is 9.78. The molecule has 0 radical (unpaired) electrons. The zero-order valence-electron chi connectivity index (χ0n) is 9.23. The molecule has 1 aliphatic rings. The summed E-state index contributed by atoms with van der Waals surface area (Å²) >= 11 is 3.43. The highest BCUT2D eigenvalue weighted by Crippen LogP contribution is 2.34. The first-order chi connectivity index (χ1) is 8.34. The minimum atomic E-state index is 0.605. The van der Waals surface area contributed by atoms with E-state index in [1.165, 1.54) is 11.1 Å². The monoisotopic (exact) mass is 289 g/mol. The number of hydrogen-bond acceptors (Lipinski definition) is 3. The van der Waals surface area contributed by atoms with Crippen molar-refractivity contribution in [3.8, 4) is 0 Å². The van der Waals surface area contributed by atoms with Gasteiger partial charge < -0.3 is 5.32 Å². The topological polar surface area (TPSA) is 37.8 Å². The number of nitrogens with one attached hydrogen (secondary N) is 1. The van der Waals surface area contributed by atoms with Crippen LogP contribution in [0.1, 0.15) is 17.0 Å². The highest BCUT2D eigenvalue weighted by atomic mass is 79.9. The predicted octanol–water partition coefficient (Wildman–Crippen LogP) is 2.99. The van der Waals surface area contributed by atoms with Crippen molar-refractivity contribution in [1.82, 2.24) is 9.97 Å². The van der Waals surface area contributed by atoms with Crippen LogP contribution in [-0.4, -0.2) is 16.5 Å². The average molecular weight is 290 g/mol. The van der Waals surface area contributed by atoms with Gasteiger partial charge in [-0.3, -0.25) is 0 Å². The minimum absolute atomic E-state index is 0.605. The van der Waals surface area contributed by atoms with Crippen LogP contribution < -0.4 is 5.32 Å². The van der Waals surface area contributed by atoms with E-state index < -0.39 is 0 Å². The first kappa shape index (κ1) is 10.7. The maximum Gasteiger partial charge on any atom is 0.143 e. The lowest BCUT2D eigenvalue weighted by Gasteiger charge is -2.30. The number of halogens is 1. The van der Waals surface area contributed by atoms with E-state index in [0.717, 1.165) is 23.3 Å². The summed E-state index contributed by atoms with van der Waals surface area (Å²) in [5.74, 6) is 1.47. The zero-order valence-corrected chi connectivity index (χ0v) is 10.8. The molecular formula is C13H12BrN3. The second-order valence-electron chi connectivity index (χ2n) is 4.20. The van der Waals surface area contributed by atoms with Gasteiger partial charge in [0.2, 0.25) is 0 Å². The molecule has 3 nitrogen and oxygen atoms in total. The van der Waals surface area contributed by atoms with Gasteiger partial charge in [0.1, 0.15) is 12.1 Å². The number of aromatic nitrogens is 2. The first-order valence-electron chi connectivity index (χ1n) is 5.62. The molecule has 1 heterocycles. The van der Waals surface area contributed by atoms with E-state index in [0.29, 0.717) is 5.92 Å². The Morgan fingerprint density at radius 1 is 1.35 bits per heavy atom. The molecule has 3 rings (SSSR count). The fourth-order valence-electron chi connectivity index (χ4n) is 2.21. The molecule has 17 heavy (non-hydrogen) atoms. The Morgan fingerprint density at radius 3 is 3.06 bits per heavy atom. The summed E-state index contributed by atoms with van der Waals surface area (Å²) in [6.45, 7) is 0.923. The van der Waals surface area contributed by atoms with Gasteiger partial charge in [-0.05, 0) is 33.5 Å². The van der Waals surface area contributed by atoms with Crippen LogP contribution in [0.15, 0.2) is 41.3 Å². The molecule has 4 heteroatoms. The van der Waals surface area contributed by atoms with E-state index in [-0.39, 0.29) is 0 Å². The number of nitrogens with zero attached hydrogens (tertiary/aromatic N) is 2. The highest BCUT2D eigenvalue weighted by Gasteiger charge is 2.25. The highest BCUT2D eigenvalue weighted by molar-refractivity contribution is 9.10. The number of benzene rings is 1. The summed E-state index contributed by atoms with van der Waals surface area (Å²) in [6, 6.07) is 8.61. The fourth-order valence-corrected chi connectivity index (χ4v) is 2.57. The van der Waals surface area contributed by atoms with Crippen molar-refractivity contribution in [3.05, 3.63) is 52.4 Å². The Morgan fingerprint density at radius 2 is 2.24 bits per heavy atom. The van der Waals surface area contributed by atoms with Gasteiger partial charge >= 0.3 is 0 Å². The quantitative estimate of drug-likeness (QED) is 0.944. The second-order valence-corrected chi connectivity index (χ2v) is 5.05. The Hall–Kier alpha value is -1.42. The molecule has 1 aliphatic carbocycles. The first-order valence-corrected chi connectivity index (χ1v) is 6.41. The summed E-state index contributed by atoms with van der Waals surface area (Å²) in [4.78, 5) is 8.14. The van der Waals surface area contributed by atoms with Crippen LogP contribution in [-0.2, 0) is 6.42 Å². The van der Waals surface area contributed by atoms with Crippen molar-refractivity contribution in [2.24, 2.45) is 0 Å². The maximum absolute atomic E-state index is 4.20. The van der Waals surface area contributed by atoms with Crippen LogP contribution in [0.3, 0.4) is 0 Å². The number of anilines is 1. The molecule has 2 aromatic rings. The van der Waals surface area contributed by atoms with Crippen LogP contribution in [0.25, 0.3) is 0 Å². The van der Waals surface area contributed by atoms with Gasteiger partial charge in [-0.25, -0.2) is 9.97 Å². The third-order valence-corrected chi connectivity index (χ3v) is 3.73. The van der Waals surface area contributed by atoms with Gasteiger partial charge in [-0.2, -0.15) is 0 Å². The van der Waals surface area contributed by atoms with Gasteiger partial charge in [0.25, 0.3) is 0 Å². The molecule has 0 bridgehead atoms. The van der Waals surface area contributed by atoms with Crippen LogP contribution in [0.2, 0.25) is 0 Å². The number of rotatable bonds is 3. The lowest BCUT2D eigenvalue weighted by Crippen LogP contribution is -2.24. The second kappa shape index (κ2) is 4.45. The molecule has 0 fully saturated rings. The molecule has 0 saturated carbocycles. The third kappa shape index (κ3) is 2.05. The third-order valence-electron chi connectivity index (χ3n) is 3.14. The smallest absolute Gasteiger partial charge is 0.143 e. The Kier molecular flexibility index (Phi) is 2.81. The van der Waals surface area contributed by atoms with Crippen LogP contribution in [0.4, 0.5) is 5.82 Å². The molecule has 1 atom stereocenters. The van der Waals surface area contributed by atoms with Gasteiger partial charge in [0, 0.05) is 18.7 Å². The lowest BCUT2D eigenvalue weighted by molar-refractivity contribution is 0.634. The molecule has 0 saturated heterocycles. The SMILES string of the molecule is Brc1cncnc1NCC1Cc2ccccc21. The number of hydrogen-bond donors (Lipinski definition) is 1. The van der Waals surface area contributed by atoms with E-state index in [4.69, 9.17) is 0 Å². The summed E-state index contributed by atoms with van der Waals surface area (Å²) in [5.41, 5.74) is 2.94. The van der Waals surface area contributed by atoms with E-state index in [1.54, 1.807) is 12.5 Å². The van der Waals surface area contributed by atoms with Crippen molar-refractivity contribution < 1.29 is 0 Å². The molecule has 1 N–H and O–H groups in total. The molecule has 0 amide bonds. The predicted molar refractivity (Wildman–Crippen MR) is 71.1 cm³/mol. The molecule has 1 aromatic carbocycles. The molecule has 0 spiro atoms. The van der Waals surface area contributed by atoms with E-state index in [9.17, 15) is 0 Å². The van der Waals surface area contributed by atoms with Crippen molar-refractivity contribution in [2.45, 2.75) is 12.3 Å². The van der Waals surface area contributed by atoms with E-state index >= 15 is 0 Å². The molecule has 1 unspecified atom stereocenters. The van der Waals surface area contributed by atoms with Crippen LogP contribution >= 0.6 is 15.9 Å². The summed E-state index contributed by atoms with van der Waals surface area (Å²) < 4.78 is 0.910. The largest absolute Gasteiger partial charge is 0.368 e. The molecular weight excluding hydrogens is 278 g/mol. The van der Waals surface area contributed by atoms with Gasteiger partial charge in [0.15, 0.2) is 0 Å². The van der Waals surface area contributed by atoms with E-state index in [1.807, 2.05) is 0 Å². The van der Waals surface area contributed by atoms with Crippen molar-refractivity contribution in [2.75, 3.05) is 11.9 Å². The van der Waals surface area contributed by atoms with E-state index in [2.05, 4.69) is 55.5 Å². The zero-order chi connectivity index (χ0) is 11.7. The molecule has 0 aliphatic heterocycles. The van der Waals surface area contributed by atoms with Crippen molar-refractivity contribution in [1.29, 1.82) is 0 Å². The Balaban J connectivity index is 1.66. The summed E-state index contributed by atoms with van der Waals surface area (Å²) in [7, 11) is 0. The fraction of sp³-hybridized carbons (Fsp3) is 0.231. The van der Waals surface area contributed by atoms with Gasteiger partial charge in [-0.1, -0.05) is 24.3 Å². The minimum Gasteiger partial charge on any atom is -0.368 e. The Labute approximate surface area is 108 Å². The molecule has 86 valence electrons. The summed E-state index contributed by atoms with van der Waals surface area (Å²) in [6.07, 6.45) is 4.47. The number of fused-ring (bicyclic) bond motifs is 1. The van der Waals surface area contributed by atoms with Gasteiger partial charge in [0.05, 0.1) is 4.47 Å². The standard InChI is InChI=1S/C13H12BrN3/c14-12-7-15-8-17-13(12)16-6-10-5-9-3-1-2-4-11(9)10/h1-4,7-8,10H,5-6H2,(H,15,16,17). The average Bonchev–Trinajstić information content (AvgIpc) is 2.32. The normalized spacial score (nSPS) is 17.1. The Bertz CT molecular complexity index is 542.